The van der Waals surface area contributed by atoms with Gasteiger partial charge in [0.05, 0.1) is 18.6 Å². The minimum absolute atomic E-state index is 0.0325. The Kier molecular flexibility index (Phi) is 6.49. The molecule has 0 unspecified atom stereocenters. The molecule has 28 heavy (non-hydrogen) atoms. The van der Waals surface area contributed by atoms with Gasteiger partial charge < -0.3 is 24.6 Å². The van der Waals surface area contributed by atoms with Crippen LogP contribution < -0.4 is 19.9 Å². The fraction of sp³-hybridized carbons (Fsp3) is 0.421. The van der Waals surface area contributed by atoms with Gasteiger partial charge in [0.15, 0.2) is 0 Å². The van der Waals surface area contributed by atoms with Crippen molar-refractivity contribution < 1.29 is 14.4 Å². The third-order valence-electron chi connectivity index (χ3n) is 4.68. The van der Waals surface area contributed by atoms with Crippen LogP contribution in [0.3, 0.4) is 0 Å². The van der Waals surface area contributed by atoms with Crippen molar-refractivity contribution in [3.63, 3.8) is 0 Å². The average molecular weight is 387 g/mol. The third-order valence-corrected chi connectivity index (χ3v) is 4.68. The van der Waals surface area contributed by atoms with E-state index in [0.717, 1.165) is 43.4 Å². The Morgan fingerprint density at radius 2 is 1.89 bits per heavy atom. The molecule has 2 heterocycles. The Morgan fingerprint density at radius 3 is 2.57 bits per heavy atom. The number of anilines is 3. The largest absolute Gasteiger partial charge is 0.497 e. The molecular formula is C19H25N5O4. The molecule has 150 valence electrons. The number of rotatable bonds is 8. The highest BCUT2D eigenvalue weighted by Crippen LogP contribution is 2.27. The first-order valence-corrected chi connectivity index (χ1v) is 9.14. The molecule has 0 bridgehead atoms. The van der Waals surface area contributed by atoms with Crippen LogP contribution in [0.25, 0.3) is 0 Å². The van der Waals surface area contributed by atoms with Crippen LogP contribution in [0.4, 0.5) is 23.0 Å². The van der Waals surface area contributed by atoms with Gasteiger partial charge in [-0.15, -0.1) is 0 Å². The number of nitrogens with zero attached hydrogens (tertiary/aromatic N) is 4. The first kappa shape index (κ1) is 19.7. The predicted octanol–water partition coefficient (Wildman–Crippen LogP) is 2.38. The van der Waals surface area contributed by atoms with E-state index in [1.54, 1.807) is 20.3 Å². The summed E-state index contributed by atoms with van der Waals surface area (Å²) in [4.78, 5) is 19.8. The molecule has 3 rings (SSSR count). The lowest BCUT2D eigenvalue weighted by atomic mass is 10.2. The van der Waals surface area contributed by atoms with Crippen LogP contribution >= 0.6 is 0 Å². The van der Waals surface area contributed by atoms with E-state index in [1.165, 1.54) is 6.07 Å². The van der Waals surface area contributed by atoms with E-state index in [1.807, 2.05) is 18.2 Å². The number of benzene rings is 1. The Hall–Kier alpha value is -3.07. The van der Waals surface area contributed by atoms with Gasteiger partial charge in [-0.05, 0) is 18.2 Å². The van der Waals surface area contributed by atoms with E-state index in [0.29, 0.717) is 13.2 Å². The third kappa shape index (κ3) is 4.61. The normalized spacial score (nSPS) is 14.1. The fourth-order valence-electron chi connectivity index (χ4n) is 3.17. The molecular weight excluding hydrogens is 362 g/mol. The number of methoxy groups -OCH3 is 2. The van der Waals surface area contributed by atoms with E-state index in [4.69, 9.17) is 9.47 Å². The molecule has 1 aromatic heterocycles. The van der Waals surface area contributed by atoms with Crippen molar-refractivity contribution in [3.8, 4) is 5.75 Å². The fourth-order valence-corrected chi connectivity index (χ4v) is 3.17. The van der Waals surface area contributed by atoms with Crippen molar-refractivity contribution in [1.82, 2.24) is 4.98 Å². The summed E-state index contributed by atoms with van der Waals surface area (Å²) in [7, 11) is 3.25. The van der Waals surface area contributed by atoms with Crippen LogP contribution in [0, 0.1) is 10.1 Å². The van der Waals surface area contributed by atoms with Crippen molar-refractivity contribution in [1.29, 1.82) is 0 Å². The zero-order chi connectivity index (χ0) is 19.9. The Balaban J connectivity index is 1.69. The van der Waals surface area contributed by atoms with Crippen molar-refractivity contribution in [2.75, 3.05) is 68.7 Å². The van der Waals surface area contributed by atoms with Gasteiger partial charge in [-0.1, -0.05) is 6.07 Å². The summed E-state index contributed by atoms with van der Waals surface area (Å²) in [5.41, 5.74) is 1.09. The number of piperazine rings is 1. The minimum atomic E-state index is -0.424. The topological polar surface area (TPSA) is 93.0 Å². The molecule has 9 nitrogen and oxygen atoms in total. The Labute approximate surface area is 164 Å². The summed E-state index contributed by atoms with van der Waals surface area (Å²) in [5, 5.41) is 14.3. The quantitative estimate of drug-likeness (QED) is 0.419. The molecule has 0 atom stereocenters. The second-order valence-corrected chi connectivity index (χ2v) is 6.39. The van der Waals surface area contributed by atoms with Gasteiger partial charge in [0.1, 0.15) is 11.6 Å². The van der Waals surface area contributed by atoms with Crippen LogP contribution in [-0.4, -0.2) is 63.5 Å². The number of pyridine rings is 1. The maximum absolute atomic E-state index is 11.3. The number of aromatic nitrogens is 1. The minimum Gasteiger partial charge on any atom is -0.497 e. The standard InChI is InChI=1S/C19H25N5O4/c1-27-13-8-20-19-17(24(25)26)6-7-18(21-19)23-11-9-22(10-12-23)15-4-3-5-16(14-15)28-2/h3-7,14H,8-13H2,1-2H3,(H,20,21). The van der Waals surface area contributed by atoms with Crippen LogP contribution in [0.5, 0.6) is 5.75 Å². The monoisotopic (exact) mass is 387 g/mol. The van der Waals surface area contributed by atoms with Gasteiger partial charge >= 0.3 is 5.69 Å². The van der Waals surface area contributed by atoms with Gasteiger partial charge in [0.2, 0.25) is 5.82 Å². The van der Waals surface area contributed by atoms with Gasteiger partial charge in [-0.3, -0.25) is 10.1 Å². The first-order chi connectivity index (χ1) is 13.6. The van der Waals surface area contributed by atoms with Gasteiger partial charge in [0.25, 0.3) is 0 Å². The van der Waals surface area contributed by atoms with Crippen LogP contribution in [0.2, 0.25) is 0 Å². The maximum atomic E-state index is 11.3. The highest BCUT2D eigenvalue weighted by Gasteiger charge is 2.22. The SMILES string of the molecule is COCCNc1nc(N2CCN(c3cccc(OC)c3)CC2)ccc1[N+](=O)[O-]. The van der Waals surface area contributed by atoms with Crippen LogP contribution in [0.1, 0.15) is 0 Å². The van der Waals surface area contributed by atoms with Gasteiger partial charge in [0, 0.05) is 57.7 Å². The molecule has 0 saturated carbocycles. The lowest BCUT2D eigenvalue weighted by Gasteiger charge is -2.36. The number of ether oxygens (including phenoxy) is 2. The second-order valence-electron chi connectivity index (χ2n) is 6.39. The van der Waals surface area contributed by atoms with E-state index in [9.17, 15) is 10.1 Å². The van der Waals surface area contributed by atoms with Gasteiger partial charge in [-0.2, -0.15) is 0 Å². The maximum Gasteiger partial charge on any atom is 0.311 e. The summed E-state index contributed by atoms with van der Waals surface area (Å²) in [5.74, 6) is 1.84. The zero-order valence-corrected chi connectivity index (χ0v) is 16.1. The Morgan fingerprint density at radius 1 is 1.14 bits per heavy atom. The molecule has 1 aliphatic heterocycles. The summed E-state index contributed by atoms with van der Waals surface area (Å²) in [6.45, 7) is 4.12. The molecule has 1 aliphatic rings. The zero-order valence-electron chi connectivity index (χ0n) is 16.1. The van der Waals surface area contributed by atoms with E-state index < -0.39 is 4.92 Å². The summed E-state index contributed by atoms with van der Waals surface area (Å²) in [6, 6.07) is 11.2. The molecule has 2 aromatic rings. The summed E-state index contributed by atoms with van der Waals surface area (Å²) >= 11 is 0. The number of hydrogen-bond donors (Lipinski definition) is 1. The molecule has 1 saturated heterocycles. The van der Waals surface area contributed by atoms with E-state index in [-0.39, 0.29) is 11.5 Å². The average Bonchev–Trinajstić information content (AvgIpc) is 2.74. The van der Waals surface area contributed by atoms with Crippen molar-refractivity contribution in [3.05, 3.63) is 46.5 Å². The summed E-state index contributed by atoms with van der Waals surface area (Å²) < 4.78 is 10.3. The molecule has 1 aromatic carbocycles. The molecule has 0 aliphatic carbocycles. The molecule has 0 radical (unpaired) electrons. The molecule has 0 spiro atoms. The smallest absolute Gasteiger partial charge is 0.311 e. The number of nitro groups is 1. The first-order valence-electron chi connectivity index (χ1n) is 9.14. The van der Waals surface area contributed by atoms with E-state index in [2.05, 4.69) is 26.2 Å². The highest BCUT2D eigenvalue weighted by molar-refractivity contribution is 5.61. The Bertz CT molecular complexity index is 809. The molecule has 1 fully saturated rings. The van der Waals surface area contributed by atoms with Crippen molar-refractivity contribution in [2.24, 2.45) is 0 Å². The number of hydrogen-bond acceptors (Lipinski definition) is 8. The molecule has 0 amide bonds. The molecule has 9 heteroatoms. The lowest BCUT2D eigenvalue weighted by molar-refractivity contribution is -0.384. The van der Waals surface area contributed by atoms with Crippen molar-refractivity contribution >= 4 is 23.0 Å². The van der Waals surface area contributed by atoms with E-state index >= 15 is 0 Å². The summed E-state index contributed by atoms with van der Waals surface area (Å²) in [6.07, 6.45) is 0. The van der Waals surface area contributed by atoms with Gasteiger partial charge in [-0.25, -0.2) is 4.98 Å². The van der Waals surface area contributed by atoms with Crippen LogP contribution in [-0.2, 0) is 4.74 Å². The highest BCUT2D eigenvalue weighted by atomic mass is 16.6. The predicted molar refractivity (Wildman–Crippen MR) is 109 cm³/mol. The molecule has 1 N–H and O–H groups in total. The lowest BCUT2D eigenvalue weighted by Crippen LogP contribution is -2.46. The number of nitrogens with one attached hydrogen (secondary N) is 1. The van der Waals surface area contributed by atoms with Crippen LogP contribution in [0.15, 0.2) is 36.4 Å². The second kappa shape index (κ2) is 9.23. The van der Waals surface area contributed by atoms with Crippen molar-refractivity contribution in [2.45, 2.75) is 0 Å².